The molecule has 0 amide bonds. The van der Waals surface area contributed by atoms with Gasteiger partial charge < -0.3 is 10.0 Å². The Morgan fingerprint density at radius 1 is 1.67 bits per heavy atom. The summed E-state index contributed by atoms with van der Waals surface area (Å²) in [7, 11) is 0. The maximum absolute atomic E-state index is 10.6. The predicted octanol–water partition coefficient (Wildman–Crippen LogP) is 1.24. The van der Waals surface area contributed by atoms with Gasteiger partial charge in [-0.2, -0.15) is 0 Å². The van der Waals surface area contributed by atoms with Crippen LogP contribution in [-0.4, -0.2) is 29.1 Å². The molecule has 0 aliphatic rings. The van der Waals surface area contributed by atoms with E-state index in [0.29, 0.717) is 12.4 Å². The fraction of sp³-hybridized carbons (Fsp3) is 0.273. The van der Waals surface area contributed by atoms with E-state index >= 15 is 0 Å². The lowest BCUT2D eigenvalue weighted by molar-refractivity contribution is 0.0696. The van der Waals surface area contributed by atoms with Crippen LogP contribution in [0.3, 0.4) is 0 Å². The normalized spacial score (nSPS) is 9.33. The Hall–Kier alpha value is -2.02. The molecule has 1 heterocycles. The maximum Gasteiger partial charge on any atom is 0.337 e. The Kier molecular flexibility index (Phi) is 3.69. The highest BCUT2D eigenvalue weighted by Gasteiger charge is 2.06. The van der Waals surface area contributed by atoms with Crippen molar-refractivity contribution in [2.45, 2.75) is 6.92 Å². The second-order valence-electron chi connectivity index (χ2n) is 2.93. The van der Waals surface area contributed by atoms with Crippen molar-refractivity contribution in [3.8, 4) is 12.3 Å². The first kappa shape index (κ1) is 11.1. The largest absolute Gasteiger partial charge is 0.478 e. The zero-order valence-electron chi connectivity index (χ0n) is 8.47. The molecule has 0 atom stereocenters. The van der Waals surface area contributed by atoms with E-state index < -0.39 is 5.97 Å². The number of aromatic carboxylic acids is 1. The van der Waals surface area contributed by atoms with E-state index in [2.05, 4.69) is 10.9 Å². The number of rotatable bonds is 4. The summed E-state index contributed by atoms with van der Waals surface area (Å²) in [5.74, 6) is 2.24. The Labute approximate surface area is 88.6 Å². The molecule has 0 radical (unpaired) electrons. The summed E-state index contributed by atoms with van der Waals surface area (Å²) in [5, 5.41) is 8.69. The van der Waals surface area contributed by atoms with Crippen molar-refractivity contribution in [2.75, 3.05) is 18.0 Å². The number of carbonyl (C=O) groups is 1. The number of hydrogen-bond donors (Lipinski definition) is 1. The van der Waals surface area contributed by atoms with Crippen LogP contribution in [0.1, 0.15) is 17.3 Å². The van der Waals surface area contributed by atoms with Gasteiger partial charge in [0, 0.05) is 12.7 Å². The van der Waals surface area contributed by atoms with Crippen LogP contribution >= 0.6 is 0 Å². The van der Waals surface area contributed by atoms with Crippen molar-refractivity contribution in [2.24, 2.45) is 0 Å². The van der Waals surface area contributed by atoms with Gasteiger partial charge in [0.25, 0.3) is 0 Å². The van der Waals surface area contributed by atoms with E-state index in [1.807, 2.05) is 11.8 Å². The Balaban J connectivity index is 2.87. The molecule has 0 saturated heterocycles. The van der Waals surface area contributed by atoms with E-state index in [1.165, 1.54) is 12.3 Å². The standard InChI is InChI=1S/C11H12N2O2/c1-3-7-13(4-2)10-6-5-9(8-12-10)11(14)15/h1,5-6,8H,4,7H2,2H3,(H,14,15). The molecule has 1 aromatic rings. The van der Waals surface area contributed by atoms with Gasteiger partial charge in [0.1, 0.15) is 5.82 Å². The number of aromatic nitrogens is 1. The predicted molar refractivity (Wildman–Crippen MR) is 57.9 cm³/mol. The van der Waals surface area contributed by atoms with E-state index in [0.717, 1.165) is 6.54 Å². The summed E-state index contributed by atoms with van der Waals surface area (Å²) in [6.07, 6.45) is 6.54. The average molecular weight is 204 g/mol. The molecule has 0 fully saturated rings. The first-order valence-electron chi connectivity index (χ1n) is 4.56. The van der Waals surface area contributed by atoms with Crippen LogP contribution < -0.4 is 4.90 Å². The van der Waals surface area contributed by atoms with Crippen molar-refractivity contribution in [3.63, 3.8) is 0 Å². The summed E-state index contributed by atoms with van der Waals surface area (Å²) < 4.78 is 0. The van der Waals surface area contributed by atoms with E-state index in [4.69, 9.17) is 11.5 Å². The van der Waals surface area contributed by atoms with Crippen LogP contribution in [0, 0.1) is 12.3 Å². The number of carboxylic acids is 1. The van der Waals surface area contributed by atoms with E-state index in [9.17, 15) is 4.79 Å². The third-order valence-electron chi connectivity index (χ3n) is 1.98. The molecule has 1 rings (SSSR count). The van der Waals surface area contributed by atoms with Gasteiger partial charge >= 0.3 is 5.97 Å². The van der Waals surface area contributed by atoms with Crippen LogP contribution in [0.25, 0.3) is 0 Å². The maximum atomic E-state index is 10.6. The molecule has 1 N–H and O–H groups in total. The van der Waals surface area contributed by atoms with Gasteiger partial charge in [-0.3, -0.25) is 0 Å². The summed E-state index contributed by atoms with van der Waals surface area (Å²) in [5.41, 5.74) is 0.176. The van der Waals surface area contributed by atoms with Gasteiger partial charge in [-0.1, -0.05) is 5.92 Å². The molecular formula is C11H12N2O2. The second-order valence-corrected chi connectivity index (χ2v) is 2.93. The van der Waals surface area contributed by atoms with Gasteiger partial charge in [-0.15, -0.1) is 6.42 Å². The average Bonchev–Trinajstić information content (AvgIpc) is 2.26. The molecule has 0 aromatic carbocycles. The number of pyridine rings is 1. The van der Waals surface area contributed by atoms with Crippen LogP contribution in [-0.2, 0) is 0 Å². The molecule has 15 heavy (non-hydrogen) atoms. The molecule has 78 valence electrons. The highest BCUT2D eigenvalue weighted by molar-refractivity contribution is 5.87. The lowest BCUT2D eigenvalue weighted by atomic mass is 10.3. The topological polar surface area (TPSA) is 53.4 Å². The lowest BCUT2D eigenvalue weighted by Crippen LogP contribution is -2.23. The van der Waals surface area contributed by atoms with Crippen LogP contribution in [0.4, 0.5) is 5.82 Å². The van der Waals surface area contributed by atoms with Gasteiger partial charge in [0.2, 0.25) is 0 Å². The molecule has 0 unspecified atom stereocenters. The number of hydrogen-bond acceptors (Lipinski definition) is 3. The second kappa shape index (κ2) is 5.01. The molecule has 4 heteroatoms. The Morgan fingerprint density at radius 2 is 2.40 bits per heavy atom. The third kappa shape index (κ3) is 2.71. The van der Waals surface area contributed by atoms with Crippen molar-refractivity contribution >= 4 is 11.8 Å². The molecule has 0 aliphatic heterocycles. The Morgan fingerprint density at radius 3 is 2.80 bits per heavy atom. The van der Waals surface area contributed by atoms with E-state index in [1.54, 1.807) is 6.07 Å². The molecule has 0 aliphatic carbocycles. The van der Waals surface area contributed by atoms with Crippen LogP contribution in [0.15, 0.2) is 18.3 Å². The first-order valence-corrected chi connectivity index (χ1v) is 4.56. The van der Waals surface area contributed by atoms with E-state index in [-0.39, 0.29) is 5.56 Å². The minimum Gasteiger partial charge on any atom is -0.478 e. The number of carboxylic acid groups (broad SMARTS) is 1. The lowest BCUT2D eigenvalue weighted by Gasteiger charge is -2.18. The van der Waals surface area contributed by atoms with Crippen LogP contribution in [0.2, 0.25) is 0 Å². The van der Waals surface area contributed by atoms with Gasteiger partial charge in [0.05, 0.1) is 12.1 Å². The van der Waals surface area contributed by atoms with Gasteiger partial charge in [0.15, 0.2) is 0 Å². The number of nitrogens with zero attached hydrogens (tertiary/aromatic N) is 2. The molecule has 1 aromatic heterocycles. The van der Waals surface area contributed by atoms with Gasteiger partial charge in [-0.05, 0) is 19.1 Å². The van der Waals surface area contributed by atoms with Crippen molar-refractivity contribution < 1.29 is 9.90 Å². The minimum atomic E-state index is -0.978. The molecule has 4 nitrogen and oxygen atoms in total. The zero-order valence-corrected chi connectivity index (χ0v) is 8.47. The Bertz CT molecular complexity index is 379. The summed E-state index contributed by atoms with van der Waals surface area (Å²) in [6.45, 7) is 3.17. The third-order valence-corrected chi connectivity index (χ3v) is 1.98. The highest BCUT2D eigenvalue weighted by atomic mass is 16.4. The minimum absolute atomic E-state index is 0.176. The fourth-order valence-electron chi connectivity index (χ4n) is 1.16. The molecule has 0 saturated carbocycles. The SMILES string of the molecule is C#CCN(CC)c1ccc(C(=O)O)cn1. The quantitative estimate of drug-likeness (QED) is 0.750. The van der Waals surface area contributed by atoms with Crippen molar-refractivity contribution in [3.05, 3.63) is 23.9 Å². The summed E-state index contributed by atoms with van der Waals surface area (Å²) in [6, 6.07) is 3.17. The first-order chi connectivity index (χ1) is 7.19. The van der Waals surface area contributed by atoms with Crippen molar-refractivity contribution in [1.82, 2.24) is 4.98 Å². The van der Waals surface area contributed by atoms with Crippen LogP contribution in [0.5, 0.6) is 0 Å². The zero-order chi connectivity index (χ0) is 11.3. The van der Waals surface area contributed by atoms with Crippen molar-refractivity contribution in [1.29, 1.82) is 0 Å². The number of terminal acetylenes is 1. The molecule has 0 spiro atoms. The fourth-order valence-corrected chi connectivity index (χ4v) is 1.16. The summed E-state index contributed by atoms with van der Waals surface area (Å²) in [4.78, 5) is 16.5. The highest BCUT2D eigenvalue weighted by Crippen LogP contribution is 2.10. The summed E-state index contributed by atoms with van der Waals surface area (Å²) >= 11 is 0. The molecule has 0 bridgehead atoms. The van der Waals surface area contributed by atoms with Gasteiger partial charge in [-0.25, -0.2) is 9.78 Å². The molecular weight excluding hydrogens is 192 g/mol. The smallest absolute Gasteiger partial charge is 0.337 e. The number of anilines is 1. The monoisotopic (exact) mass is 204 g/mol.